The number of nitrogens with zero attached hydrogens (tertiary/aromatic N) is 1. The van der Waals surface area contributed by atoms with Crippen LogP contribution >= 0.6 is 11.6 Å². The maximum atomic E-state index is 13.7. The van der Waals surface area contributed by atoms with Crippen molar-refractivity contribution in [2.24, 2.45) is 5.92 Å². The Balaban J connectivity index is 1.46. The molecule has 0 aromatic heterocycles. The Bertz CT molecular complexity index is 803. The van der Waals surface area contributed by atoms with Crippen molar-refractivity contribution in [3.05, 3.63) is 64.4 Å². The molecule has 2 saturated heterocycles. The van der Waals surface area contributed by atoms with Gasteiger partial charge < -0.3 is 5.11 Å². The van der Waals surface area contributed by atoms with Gasteiger partial charge in [0.2, 0.25) is 0 Å². The van der Waals surface area contributed by atoms with Crippen LogP contribution < -0.4 is 10.9 Å². The Morgan fingerprint density at radius 3 is 2.96 bits per heavy atom. The molecular formula is C21H25ClFN3O. The summed E-state index contributed by atoms with van der Waals surface area (Å²) < 4.78 is 13.7. The number of benzene rings is 2. The van der Waals surface area contributed by atoms with Crippen LogP contribution in [0, 0.1) is 11.7 Å². The molecule has 2 aliphatic heterocycles. The molecule has 4 nitrogen and oxygen atoms in total. The smallest absolute Gasteiger partial charge is 0.123 e. The molecule has 0 bridgehead atoms. The fourth-order valence-electron chi connectivity index (χ4n) is 4.47. The predicted octanol–water partition coefficient (Wildman–Crippen LogP) is 3.66. The number of aromatic hydroxyl groups is 1. The third-order valence-corrected chi connectivity index (χ3v) is 6.02. The van der Waals surface area contributed by atoms with E-state index in [0.29, 0.717) is 23.2 Å². The van der Waals surface area contributed by atoms with Gasteiger partial charge in [-0.2, -0.15) is 0 Å². The lowest BCUT2D eigenvalue weighted by Gasteiger charge is -2.37. The normalized spacial score (nSPS) is 26.4. The highest BCUT2D eigenvalue weighted by Gasteiger charge is 2.36. The van der Waals surface area contributed by atoms with Crippen molar-refractivity contribution in [2.45, 2.75) is 31.3 Å². The summed E-state index contributed by atoms with van der Waals surface area (Å²) in [6.45, 7) is 3.44. The quantitative estimate of drug-likeness (QED) is 0.747. The summed E-state index contributed by atoms with van der Waals surface area (Å²) in [4.78, 5) is 2.38. The monoisotopic (exact) mass is 389 g/mol. The van der Waals surface area contributed by atoms with E-state index in [1.165, 1.54) is 6.07 Å². The molecular weight excluding hydrogens is 365 g/mol. The van der Waals surface area contributed by atoms with E-state index in [1.54, 1.807) is 24.3 Å². The number of nitrogens with one attached hydrogen (secondary N) is 2. The summed E-state index contributed by atoms with van der Waals surface area (Å²) in [6, 6.07) is 12.4. The molecule has 144 valence electrons. The van der Waals surface area contributed by atoms with E-state index in [1.807, 2.05) is 12.1 Å². The first-order valence-corrected chi connectivity index (χ1v) is 9.91. The van der Waals surface area contributed by atoms with Crippen LogP contribution in [0.2, 0.25) is 5.02 Å². The zero-order valence-electron chi connectivity index (χ0n) is 15.2. The van der Waals surface area contributed by atoms with E-state index in [4.69, 9.17) is 11.6 Å². The molecule has 0 aliphatic carbocycles. The fraction of sp³-hybridized carbons (Fsp3) is 0.429. The third kappa shape index (κ3) is 4.27. The summed E-state index contributed by atoms with van der Waals surface area (Å²) in [6.07, 6.45) is 2.25. The number of rotatable bonds is 4. The molecule has 0 amide bonds. The van der Waals surface area contributed by atoms with Gasteiger partial charge in [0.1, 0.15) is 11.6 Å². The van der Waals surface area contributed by atoms with E-state index in [2.05, 4.69) is 15.8 Å². The zero-order chi connectivity index (χ0) is 18.8. The second-order valence-electron chi connectivity index (χ2n) is 7.62. The Hall–Kier alpha value is -1.66. The number of phenols is 1. The van der Waals surface area contributed by atoms with Gasteiger partial charge in [-0.25, -0.2) is 4.39 Å². The first-order chi connectivity index (χ1) is 13.1. The first kappa shape index (κ1) is 18.7. The van der Waals surface area contributed by atoms with Gasteiger partial charge in [-0.15, -0.1) is 0 Å². The second kappa shape index (κ2) is 8.15. The molecule has 6 heteroatoms. The van der Waals surface area contributed by atoms with Gasteiger partial charge in [-0.3, -0.25) is 15.8 Å². The Kier molecular flexibility index (Phi) is 5.64. The minimum Gasteiger partial charge on any atom is -0.508 e. The highest BCUT2D eigenvalue weighted by molar-refractivity contribution is 6.30. The number of likely N-dealkylation sites (tertiary alicyclic amines) is 1. The van der Waals surface area contributed by atoms with Gasteiger partial charge in [0.15, 0.2) is 0 Å². The summed E-state index contributed by atoms with van der Waals surface area (Å²) in [5, 5.41) is 10.8. The van der Waals surface area contributed by atoms with Crippen LogP contribution in [0.4, 0.5) is 4.39 Å². The summed E-state index contributed by atoms with van der Waals surface area (Å²) in [5.74, 6) is 0.827. The van der Waals surface area contributed by atoms with Crippen molar-refractivity contribution in [3.63, 3.8) is 0 Å². The molecule has 3 N–H and O–H groups in total. The van der Waals surface area contributed by atoms with Crippen molar-refractivity contribution < 1.29 is 9.50 Å². The first-order valence-electron chi connectivity index (χ1n) is 9.54. The minimum atomic E-state index is -0.181. The van der Waals surface area contributed by atoms with Crippen molar-refractivity contribution in [1.29, 1.82) is 0 Å². The molecule has 2 fully saturated rings. The predicted molar refractivity (Wildman–Crippen MR) is 105 cm³/mol. The SMILES string of the molecule is Oc1ccc(Cl)cc1CN1CCCC(C2NNCC2c2cccc(F)c2)C1. The third-order valence-electron chi connectivity index (χ3n) is 5.79. The average Bonchev–Trinajstić information content (AvgIpc) is 3.15. The van der Waals surface area contributed by atoms with Crippen LogP contribution in [0.3, 0.4) is 0 Å². The topological polar surface area (TPSA) is 47.5 Å². The van der Waals surface area contributed by atoms with Gasteiger partial charge in [0.25, 0.3) is 0 Å². The molecule has 3 atom stereocenters. The molecule has 27 heavy (non-hydrogen) atoms. The standard InChI is InChI=1S/C21H25ClFN3O/c22-17-6-7-20(27)16(9-17)13-26-8-2-4-15(12-26)21-19(11-24-25-21)14-3-1-5-18(23)10-14/h1,3,5-7,9-10,15,19,21,24-25,27H,2,4,8,11-13H2. The summed E-state index contributed by atoms with van der Waals surface area (Å²) in [5.41, 5.74) is 8.61. The van der Waals surface area contributed by atoms with Crippen LogP contribution in [0.5, 0.6) is 5.75 Å². The van der Waals surface area contributed by atoms with Crippen molar-refractivity contribution in [3.8, 4) is 5.75 Å². The maximum Gasteiger partial charge on any atom is 0.123 e. The number of piperidine rings is 1. The number of hydrazine groups is 1. The molecule has 0 radical (unpaired) electrons. The van der Waals surface area contributed by atoms with Gasteiger partial charge >= 0.3 is 0 Å². The molecule has 2 aromatic carbocycles. The molecule has 0 saturated carbocycles. The van der Waals surface area contributed by atoms with E-state index >= 15 is 0 Å². The maximum absolute atomic E-state index is 13.7. The average molecular weight is 390 g/mol. The van der Waals surface area contributed by atoms with E-state index in [0.717, 1.165) is 43.6 Å². The van der Waals surface area contributed by atoms with Crippen molar-refractivity contribution >= 4 is 11.6 Å². The lowest BCUT2D eigenvalue weighted by Crippen LogP contribution is -2.46. The molecule has 2 heterocycles. The number of hydrogen-bond acceptors (Lipinski definition) is 4. The van der Waals surface area contributed by atoms with Crippen LogP contribution in [0.15, 0.2) is 42.5 Å². The zero-order valence-corrected chi connectivity index (χ0v) is 15.9. The lowest BCUT2D eigenvalue weighted by molar-refractivity contribution is 0.138. The van der Waals surface area contributed by atoms with Crippen LogP contribution in [-0.4, -0.2) is 35.7 Å². The summed E-state index contributed by atoms with van der Waals surface area (Å²) >= 11 is 6.09. The van der Waals surface area contributed by atoms with E-state index in [-0.39, 0.29) is 17.8 Å². The highest BCUT2D eigenvalue weighted by Crippen LogP contribution is 2.33. The van der Waals surface area contributed by atoms with Crippen LogP contribution in [0.25, 0.3) is 0 Å². The van der Waals surface area contributed by atoms with Gasteiger partial charge in [-0.1, -0.05) is 23.7 Å². The molecule has 3 unspecified atom stereocenters. The molecule has 2 aromatic rings. The van der Waals surface area contributed by atoms with Gasteiger partial charge in [-0.05, 0) is 61.2 Å². The molecule has 2 aliphatic rings. The van der Waals surface area contributed by atoms with Gasteiger partial charge in [0.05, 0.1) is 0 Å². The van der Waals surface area contributed by atoms with Crippen molar-refractivity contribution in [1.82, 2.24) is 15.8 Å². The lowest BCUT2D eigenvalue weighted by atomic mass is 9.81. The minimum absolute atomic E-state index is 0.181. The summed E-state index contributed by atoms with van der Waals surface area (Å²) in [7, 11) is 0. The number of halogens is 2. The number of phenolic OH excluding ortho intramolecular Hbond substituents is 1. The Morgan fingerprint density at radius 1 is 1.22 bits per heavy atom. The van der Waals surface area contributed by atoms with E-state index < -0.39 is 0 Å². The molecule has 4 rings (SSSR count). The van der Waals surface area contributed by atoms with E-state index in [9.17, 15) is 9.50 Å². The largest absolute Gasteiger partial charge is 0.508 e. The Labute approximate surface area is 164 Å². The van der Waals surface area contributed by atoms with Gasteiger partial charge in [0, 0.05) is 42.2 Å². The van der Waals surface area contributed by atoms with Crippen LogP contribution in [-0.2, 0) is 6.54 Å². The highest BCUT2D eigenvalue weighted by atomic mass is 35.5. The number of hydrogen-bond donors (Lipinski definition) is 3. The second-order valence-corrected chi connectivity index (χ2v) is 8.06. The molecule has 0 spiro atoms. The van der Waals surface area contributed by atoms with Crippen LogP contribution in [0.1, 0.15) is 29.9 Å². The Morgan fingerprint density at radius 2 is 2.11 bits per heavy atom. The fourth-order valence-corrected chi connectivity index (χ4v) is 4.67. The van der Waals surface area contributed by atoms with Crippen molar-refractivity contribution in [2.75, 3.05) is 19.6 Å².